The van der Waals surface area contributed by atoms with Crippen molar-refractivity contribution in [1.82, 2.24) is 0 Å². The van der Waals surface area contributed by atoms with E-state index in [4.69, 9.17) is 14.2 Å². The summed E-state index contributed by atoms with van der Waals surface area (Å²) < 4.78 is 43.2. The van der Waals surface area contributed by atoms with E-state index in [0.29, 0.717) is 25.2 Å². The molecule has 0 aliphatic carbocycles. The maximum atomic E-state index is 13.4. The Morgan fingerprint density at radius 2 is 1.76 bits per heavy atom. The third-order valence-electron chi connectivity index (χ3n) is 4.42. The second kappa shape index (κ2) is 12.3. The van der Waals surface area contributed by atoms with Crippen LogP contribution in [0.3, 0.4) is 0 Å². The number of rotatable bonds is 12. The van der Waals surface area contributed by atoms with Crippen molar-refractivity contribution in [3.63, 3.8) is 0 Å². The molecular formula is C20H30F2O3. The van der Waals surface area contributed by atoms with E-state index >= 15 is 0 Å². The topological polar surface area (TPSA) is 27.7 Å². The fourth-order valence-corrected chi connectivity index (χ4v) is 2.92. The molecule has 0 bridgehead atoms. The van der Waals surface area contributed by atoms with Crippen LogP contribution in [0.15, 0.2) is 18.2 Å². The highest BCUT2D eigenvalue weighted by molar-refractivity contribution is 5.18. The third kappa shape index (κ3) is 8.25. The number of hydrogen-bond acceptors (Lipinski definition) is 3. The fourth-order valence-electron chi connectivity index (χ4n) is 2.92. The lowest BCUT2D eigenvalue weighted by Gasteiger charge is -2.22. The molecule has 25 heavy (non-hydrogen) atoms. The molecule has 0 saturated carbocycles. The predicted molar refractivity (Wildman–Crippen MR) is 93.5 cm³/mol. The van der Waals surface area contributed by atoms with E-state index in [1.54, 1.807) is 6.07 Å². The van der Waals surface area contributed by atoms with E-state index in [2.05, 4.69) is 0 Å². The van der Waals surface area contributed by atoms with E-state index in [1.807, 2.05) is 0 Å². The van der Waals surface area contributed by atoms with Gasteiger partial charge in [-0.15, -0.1) is 0 Å². The molecule has 0 amide bonds. The van der Waals surface area contributed by atoms with E-state index < -0.39 is 11.6 Å². The van der Waals surface area contributed by atoms with Gasteiger partial charge in [-0.25, -0.2) is 8.78 Å². The summed E-state index contributed by atoms with van der Waals surface area (Å²) in [6, 6.07) is 4.26. The number of ether oxygens (including phenoxy) is 3. The smallest absolute Gasteiger partial charge is 0.162 e. The zero-order valence-electron chi connectivity index (χ0n) is 15.0. The minimum absolute atomic E-state index is 0.0186. The quantitative estimate of drug-likeness (QED) is 0.492. The van der Waals surface area contributed by atoms with Gasteiger partial charge in [-0.1, -0.05) is 31.4 Å². The summed E-state index contributed by atoms with van der Waals surface area (Å²) in [6.45, 7) is 2.70. The SMILES string of the molecule is Fc1cccc(CCOCCCCCCCOC2CCCCO2)c1F. The van der Waals surface area contributed by atoms with Gasteiger partial charge in [-0.2, -0.15) is 0 Å². The predicted octanol–water partition coefficient (Wildman–Crippen LogP) is 5.02. The van der Waals surface area contributed by atoms with Crippen molar-refractivity contribution in [2.24, 2.45) is 0 Å². The van der Waals surface area contributed by atoms with E-state index in [-0.39, 0.29) is 6.29 Å². The van der Waals surface area contributed by atoms with E-state index in [1.165, 1.54) is 12.5 Å². The monoisotopic (exact) mass is 356 g/mol. The molecular weight excluding hydrogens is 326 g/mol. The Balaban J connectivity index is 1.37. The maximum Gasteiger partial charge on any atom is 0.162 e. The lowest BCUT2D eigenvalue weighted by molar-refractivity contribution is -0.162. The van der Waals surface area contributed by atoms with Gasteiger partial charge >= 0.3 is 0 Å². The molecule has 1 unspecified atom stereocenters. The Labute approximate surface area is 149 Å². The van der Waals surface area contributed by atoms with Crippen LogP contribution in [0.25, 0.3) is 0 Å². The molecule has 1 aromatic carbocycles. The maximum absolute atomic E-state index is 13.4. The second-order valence-electron chi connectivity index (χ2n) is 6.51. The molecule has 1 fully saturated rings. The Bertz CT molecular complexity index is 476. The van der Waals surface area contributed by atoms with Gasteiger partial charge in [0.25, 0.3) is 0 Å². The minimum Gasteiger partial charge on any atom is -0.381 e. The molecule has 1 aliphatic rings. The third-order valence-corrected chi connectivity index (χ3v) is 4.42. The fraction of sp³-hybridized carbons (Fsp3) is 0.700. The molecule has 2 rings (SSSR count). The highest BCUT2D eigenvalue weighted by Gasteiger charge is 2.13. The Kier molecular flexibility index (Phi) is 10.0. The first-order valence-electron chi connectivity index (χ1n) is 9.51. The molecule has 1 heterocycles. The number of unbranched alkanes of at least 4 members (excludes halogenated alkanes) is 4. The van der Waals surface area contributed by atoms with Crippen molar-refractivity contribution in [2.45, 2.75) is 64.1 Å². The van der Waals surface area contributed by atoms with Crippen LogP contribution in [0.5, 0.6) is 0 Å². The average molecular weight is 356 g/mol. The van der Waals surface area contributed by atoms with Gasteiger partial charge in [-0.05, 0) is 50.2 Å². The summed E-state index contributed by atoms with van der Waals surface area (Å²) in [7, 11) is 0. The molecule has 0 aromatic heterocycles. The van der Waals surface area contributed by atoms with Crippen molar-refractivity contribution in [3.05, 3.63) is 35.4 Å². The zero-order chi connectivity index (χ0) is 17.7. The first kappa shape index (κ1) is 20.3. The summed E-state index contributed by atoms with van der Waals surface area (Å²) in [5.74, 6) is -1.55. The lowest BCUT2D eigenvalue weighted by Crippen LogP contribution is -2.22. The molecule has 3 nitrogen and oxygen atoms in total. The van der Waals surface area contributed by atoms with Crippen molar-refractivity contribution < 1.29 is 23.0 Å². The van der Waals surface area contributed by atoms with Gasteiger partial charge < -0.3 is 14.2 Å². The van der Waals surface area contributed by atoms with Crippen molar-refractivity contribution >= 4 is 0 Å². The zero-order valence-corrected chi connectivity index (χ0v) is 15.0. The molecule has 1 aliphatic heterocycles. The summed E-state index contributed by atoms with van der Waals surface area (Å²) in [6.07, 6.45) is 9.31. The highest BCUT2D eigenvalue weighted by atomic mass is 19.2. The van der Waals surface area contributed by atoms with Gasteiger partial charge in [0.1, 0.15) is 0 Å². The Morgan fingerprint density at radius 1 is 0.960 bits per heavy atom. The molecule has 0 N–H and O–H groups in total. The lowest BCUT2D eigenvalue weighted by atomic mass is 10.1. The molecule has 0 radical (unpaired) electrons. The van der Waals surface area contributed by atoms with E-state index in [0.717, 1.165) is 64.2 Å². The van der Waals surface area contributed by atoms with Crippen LogP contribution >= 0.6 is 0 Å². The van der Waals surface area contributed by atoms with Crippen LogP contribution in [0, 0.1) is 11.6 Å². The second-order valence-corrected chi connectivity index (χ2v) is 6.51. The molecule has 5 heteroatoms. The van der Waals surface area contributed by atoms with Crippen LogP contribution in [0.1, 0.15) is 56.9 Å². The summed E-state index contributed by atoms with van der Waals surface area (Å²) >= 11 is 0. The van der Waals surface area contributed by atoms with Gasteiger partial charge in [0.15, 0.2) is 17.9 Å². The Hall–Kier alpha value is -1.04. The standard InChI is InChI=1S/C20H30F2O3/c21-18-10-8-9-17(20(18)22)12-16-23-13-5-2-1-3-6-14-24-19-11-4-7-15-25-19/h8-10,19H,1-7,11-16H2. The molecule has 1 aromatic rings. The van der Waals surface area contributed by atoms with Crippen LogP contribution in [0.4, 0.5) is 8.78 Å². The van der Waals surface area contributed by atoms with Crippen LogP contribution in [-0.2, 0) is 20.6 Å². The number of halogens is 2. The van der Waals surface area contributed by atoms with Gasteiger partial charge in [-0.3, -0.25) is 0 Å². The normalized spacial score (nSPS) is 17.8. The summed E-state index contributed by atoms with van der Waals surface area (Å²) in [5, 5.41) is 0. The average Bonchev–Trinajstić information content (AvgIpc) is 2.64. The molecule has 142 valence electrons. The summed E-state index contributed by atoms with van der Waals surface area (Å²) in [5.41, 5.74) is 0.377. The highest BCUT2D eigenvalue weighted by Crippen LogP contribution is 2.15. The van der Waals surface area contributed by atoms with Crippen molar-refractivity contribution in [2.75, 3.05) is 26.4 Å². The van der Waals surface area contributed by atoms with Crippen LogP contribution in [-0.4, -0.2) is 32.7 Å². The Morgan fingerprint density at radius 3 is 2.56 bits per heavy atom. The summed E-state index contributed by atoms with van der Waals surface area (Å²) in [4.78, 5) is 0. The van der Waals surface area contributed by atoms with Gasteiger partial charge in [0.2, 0.25) is 0 Å². The van der Waals surface area contributed by atoms with Crippen LogP contribution in [0.2, 0.25) is 0 Å². The molecule has 1 atom stereocenters. The van der Waals surface area contributed by atoms with Crippen molar-refractivity contribution in [3.8, 4) is 0 Å². The van der Waals surface area contributed by atoms with Crippen molar-refractivity contribution in [1.29, 1.82) is 0 Å². The molecule has 1 saturated heterocycles. The minimum atomic E-state index is -0.795. The first-order chi connectivity index (χ1) is 12.3. The van der Waals surface area contributed by atoms with Gasteiger partial charge in [0.05, 0.1) is 6.61 Å². The molecule has 0 spiro atoms. The van der Waals surface area contributed by atoms with Gasteiger partial charge in [0, 0.05) is 19.8 Å². The van der Waals surface area contributed by atoms with Crippen LogP contribution < -0.4 is 0 Å². The number of hydrogen-bond donors (Lipinski definition) is 0. The van der Waals surface area contributed by atoms with E-state index in [9.17, 15) is 8.78 Å². The largest absolute Gasteiger partial charge is 0.381 e. The first-order valence-corrected chi connectivity index (χ1v) is 9.51. The number of benzene rings is 1.